The normalized spacial score (nSPS) is 11.8. The second-order valence-corrected chi connectivity index (χ2v) is 18.1. The average molecular weight is 879 g/mol. The molecular formula is C66H42N2O. The van der Waals surface area contributed by atoms with Crippen LogP contribution in [-0.4, -0.2) is 4.57 Å². The van der Waals surface area contributed by atoms with Crippen molar-refractivity contribution in [1.82, 2.24) is 4.57 Å². The molecule has 14 rings (SSSR count). The molecular weight excluding hydrogens is 837 g/mol. The van der Waals surface area contributed by atoms with E-state index >= 15 is 0 Å². The van der Waals surface area contributed by atoms with Gasteiger partial charge in [-0.15, -0.1) is 0 Å². The maximum atomic E-state index is 6.76. The Bertz CT molecular complexity index is 4240. The number of fused-ring (bicyclic) bond motifs is 11. The van der Waals surface area contributed by atoms with Crippen molar-refractivity contribution in [1.29, 1.82) is 0 Å². The summed E-state index contributed by atoms with van der Waals surface area (Å²) in [6.45, 7) is 0. The molecule has 0 aliphatic heterocycles. The third-order valence-electron chi connectivity index (χ3n) is 14.2. The summed E-state index contributed by atoms with van der Waals surface area (Å²) in [6.07, 6.45) is 0. The number of nitrogens with zero attached hydrogens (tertiary/aromatic N) is 2. The van der Waals surface area contributed by atoms with Crippen LogP contribution in [0.4, 0.5) is 17.1 Å². The Morgan fingerprint density at radius 1 is 0.275 bits per heavy atom. The number of para-hydroxylation sites is 3. The first-order valence-corrected chi connectivity index (χ1v) is 23.6. The number of aromatic nitrogens is 1. The number of anilines is 3. The van der Waals surface area contributed by atoms with Gasteiger partial charge in [-0.3, -0.25) is 0 Å². The number of furan rings is 1. The molecule has 0 atom stereocenters. The van der Waals surface area contributed by atoms with Gasteiger partial charge in [-0.1, -0.05) is 182 Å². The summed E-state index contributed by atoms with van der Waals surface area (Å²) in [5, 5.41) is 12.1. The van der Waals surface area contributed by atoms with E-state index in [1.54, 1.807) is 0 Å². The van der Waals surface area contributed by atoms with Gasteiger partial charge in [-0.2, -0.15) is 0 Å². The molecule has 0 radical (unpaired) electrons. The second kappa shape index (κ2) is 15.7. The van der Waals surface area contributed by atoms with Crippen LogP contribution < -0.4 is 4.90 Å². The van der Waals surface area contributed by atoms with Crippen LogP contribution in [0.1, 0.15) is 0 Å². The summed E-state index contributed by atoms with van der Waals surface area (Å²) < 4.78 is 9.15. The molecule has 14 aromatic rings. The van der Waals surface area contributed by atoms with Crippen molar-refractivity contribution in [2.45, 2.75) is 0 Å². The topological polar surface area (TPSA) is 21.3 Å². The van der Waals surface area contributed by atoms with Gasteiger partial charge in [0.05, 0.1) is 11.0 Å². The third-order valence-corrected chi connectivity index (χ3v) is 14.2. The van der Waals surface area contributed by atoms with Gasteiger partial charge in [0.1, 0.15) is 11.2 Å². The van der Waals surface area contributed by atoms with Crippen molar-refractivity contribution in [3.05, 3.63) is 255 Å². The smallest absolute Gasteiger partial charge is 0.143 e. The van der Waals surface area contributed by atoms with Crippen molar-refractivity contribution in [3.63, 3.8) is 0 Å². The molecule has 0 spiro atoms. The van der Waals surface area contributed by atoms with Crippen molar-refractivity contribution in [2.24, 2.45) is 0 Å². The van der Waals surface area contributed by atoms with Crippen molar-refractivity contribution >= 4 is 93.1 Å². The first kappa shape index (κ1) is 39.0. The average Bonchev–Trinajstić information content (AvgIpc) is 3.98. The summed E-state index contributed by atoms with van der Waals surface area (Å²) in [4.78, 5) is 2.35. The minimum Gasteiger partial charge on any atom is -0.455 e. The molecule has 3 heteroatoms. The molecule has 12 aromatic carbocycles. The SMILES string of the molecule is c1cc(-c2ccc(N(c3ccc(-c4ccc5ccc6ccccc6c5c4)cc3)c3ccc(-c4cccc5c4oc4c6ccccc6ccc54)cc3)cc2)cc(-n2c3ccccc3c3ccccc32)c1. The van der Waals surface area contributed by atoms with Crippen LogP contribution in [0.3, 0.4) is 0 Å². The van der Waals surface area contributed by atoms with Crippen LogP contribution in [0.15, 0.2) is 259 Å². The van der Waals surface area contributed by atoms with E-state index in [4.69, 9.17) is 4.42 Å². The van der Waals surface area contributed by atoms with Gasteiger partial charge in [0.25, 0.3) is 0 Å². The zero-order chi connectivity index (χ0) is 45.4. The molecule has 322 valence electrons. The Labute approximate surface area is 399 Å². The molecule has 0 saturated carbocycles. The number of rotatable bonds is 7. The Morgan fingerprint density at radius 2 is 0.739 bits per heavy atom. The van der Waals surface area contributed by atoms with Crippen LogP contribution in [0, 0.1) is 0 Å². The fraction of sp³-hybridized carbons (Fsp3) is 0. The molecule has 0 amide bonds. The summed E-state index contributed by atoms with van der Waals surface area (Å²) in [5.74, 6) is 0. The molecule has 0 N–H and O–H groups in total. The predicted molar refractivity (Wildman–Crippen MR) is 292 cm³/mol. The molecule has 0 aliphatic rings. The standard InChI is InChI=1S/C66H42N2O/c1-3-15-55-45(11-1)23-24-48-25-26-50(42-62(48)55)44-29-36-52(37-30-44)67(53-38-31-47(32-39-53)57-19-10-20-60-61-40-33-46-12-2-4-16-56(46)66(61)69-65(57)60)51-34-27-43(28-35-51)49-13-9-14-54(41-49)68-63-21-7-5-17-58(63)59-18-6-8-22-64(59)68/h1-42H. The number of hydrogen-bond donors (Lipinski definition) is 0. The lowest BCUT2D eigenvalue weighted by molar-refractivity contribution is 0.674. The van der Waals surface area contributed by atoms with Crippen LogP contribution in [-0.2, 0) is 0 Å². The Morgan fingerprint density at radius 3 is 1.41 bits per heavy atom. The lowest BCUT2D eigenvalue weighted by Gasteiger charge is -2.26. The molecule has 0 unspecified atom stereocenters. The van der Waals surface area contributed by atoms with E-state index in [0.717, 1.165) is 72.3 Å². The molecule has 0 aliphatic carbocycles. The third kappa shape index (κ3) is 6.43. The predicted octanol–water partition coefficient (Wildman–Crippen LogP) is 18.6. The Balaban J connectivity index is 0.852. The zero-order valence-corrected chi connectivity index (χ0v) is 37.6. The first-order valence-electron chi connectivity index (χ1n) is 23.6. The van der Waals surface area contributed by atoms with Gasteiger partial charge in [0.15, 0.2) is 0 Å². The lowest BCUT2D eigenvalue weighted by atomic mass is 9.97. The lowest BCUT2D eigenvalue weighted by Crippen LogP contribution is -2.09. The minimum absolute atomic E-state index is 0.906. The highest BCUT2D eigenvalue weighted by atomic mass is 16.3. The quantitative estimate of drug-likeness (QED) is 0.149. The van der Waals surface area contributed by atoms with E-state index in [-0.39, 0.29) is 0 Å². The van der Waals surface area contributed by atoms with Gasteiger partial charge in [-0.25, -0.2) is 0 Å². The summed E-state index contributed by atoms with van der Waals surface area (Å²) in [5.41, 5.74) is 15.5. The summed E-state index contributed by atoms with van der Waals surface area (Å²) >= 11 is 0. The Kier molecular flexibility index (Phi) is 8.90. The van der Waals surface area contributed by atoms with Crippen LogP contribution in [0.25, 0.3) is 115 Å². The number of benzene rings is 12. The molecule has 0 saturated heterocycles. The van der Waals surface area contributed by atoms with Crippen molar-refractivity contribution < 1.29 is 4.42 Å². The van der Waals surface area contributed by atoms with Gasteiger partial charge < -0.3 is 13.9 Å². The molecule has 0 fully saturated rings. The molecule has 0 bridgehead atoms. The minimum atomic E-state index is 0.906. The zero-order valence-electron chi connectivity index (χ0n) is 37.6. The van der Waals surface area contributed by atoms with Gasteiger partial charge in [0, 0.05) is 55.2 Å². The molecule has 69 heavy (non-hydrogen) atoms. The fourth-order valence-corrected chi connectivity index (χ4v) is 10.8. The van der Waals surface area contributed by atoms with Crippen LogP contribution in [0.2, 0.25) is 0 Å². The van der Waals surface area contributed by atoms with E-state index in [9.17, 15) is 0 Å². The fourth-order valence-electron chi connectivity index (χ4n) is 10.8. The maximum absolute atomic E-state index is 6.76. The summed E-state index contributed by atoms with van der Waals surface area (Å²) in [7, 11) is 0. The van der Waals surface area contributed by atoms with Gasteiger partial charge in [0.2, 0.25) is 0 Å². The highest BCUT2D eigenvalue weighted by Crippen LogP contribution is 2.42. The van der Waals surface area contributed by atoms with E-state index in [1.807, 2.05) is 0 Å². The van der Waals surface area contributed by atoms with Crippen LogP contribution >= 0.6 is 0 Å². The van der Waals surface area contributed by atoms with E-state index in [2.05, 4.69) is 264 Å². The largest absolute Gasteiger partial charge is 0.455 e. The molecule has 2 aromatic heterocycles. The highest BCUT2D eigenvalue weighted by molar-refractivity contribution is 6.17. The molecule has 2 heterocycles. The molecule has 3 nitrogen and oxygen atoms in total. The van der Waals surface area contributed by atoms with E-state index < -0.39 is 0 Å². The highest BCUT2D eigenvalue weighted by Gasteiger charge is 2.18. The second-order valence-electron chi connectivity index (χ2n) is 18.1. The van der Waals surface area contributed by atoms with E-state index in [1.165, 1.54) is 59.9 Å². The number of hydrogen-bond acceptors (Lipinski definition) is 2. The summed E-state index contributed by atoms with van der Waals surface area (Å²) in [6, 6.07) is 92.4. The van der Waals surface area contributed by atoms with Crippen molar-refractivity contribution in [3.8, 4) is 39.1 Å². The van der Waals surface area contributed by atoms with Crippen molar-refractivity contribution in [2.75, 3.05) is 4.90 Å². The Hall–Kier alpha value is -9.18. The van der Waals surface area contributed by atoms with Gasteiger partial charge >= 0.3 is 0 Å². The van der Waals surface area contributed by atoms with Gasteiger partial charge in [-0.05, 0) is 128 Å². The maximum Gasteiger partial charge on any atom is 0.143 e. The van der Waals surface area contributed by atoms with Crippen LogP contribution in [0.5, 0.6) is 0 Å². The first-order chi connectivity index (χ1) is 34.2. The van der Waals surface area contributed by atoms with E-state index in [0.29, 0.717) is 0 Å². The monoisotopic (exact) mass is 878 g/mol.